The first-order chi connectivity index (χ1) is 8.95. The van der Waals surface area contributed by atoms with Crippen molar-refractivity contribution in [3.8, 4) is 0 Å². The molecule has 0 bridgehead atoms. The maximum Gasteiger partial charge on any atom is 0.326 e. The molecular formula is C12H21N3O4. The van der Waals surface area contributed by atoms with E-state index in [-0.39, 0.29) is 18.2 Å². The lowest BCUT2D eigenvalue weighted by molar-refractivity contribution is -0.140. The molecule has 108 valence electrons. The lowest BCUT2D eigenvalue weighted by Gasteiger charge is -2.25. The monoisotopic (exact) mass is 271 g/mol. The Morgan fingerprint density at radius 1 is 1.47 bits per heavy atom. The van der Waals surface area contributed by atoms with Crippen LogP contribution in [0.2, 0.25) is 0 Å². The van der Waals surface area contributed by atoms with Gasteiger partial charge in [0.25, 0.3) is 0 Å². The molecule has 1 fully saturated rings. The number of carbonyl (C=O) groups excluding carboxylic acids is 2. The van der Waals surface area contributed by atoms with Gasteiger partial charge in [0.2, 0.25) is 5.91 Å². The van der Waals surface area contributed by atoms with Gasteiger partial charge in [-0.15, -0.1) is 0 Å². The minimum Gasteiger partial charge on any atom is -0.480 e. The van der Waals surface area contributed by atoms with Gasteiger partial charge in [0, 0.05) is 26.1 Å². The predicted octanol–water partition coefficient (Wildman–Crippen LogP) is 0.0172. The highest BCUT2D eigenvalue weighted by molar-refractivity contribution is 5.83. The molecular weight excluding hydrogens is 250 g/mol. The summed E-state index contributed by atoms with van der Waals surface area (Å²) in [6, 6.07) is -1.33. The SMILES string of the molecule is CC[C@H](C)[C@H](NC(=O)N1CCNC(=O)CC1)C(=O)O. The molecule has 7 nitrogen and oxygen atoms in total. The maximum absolute atomic E-state index is 12.0. The molecule has 19 heavy (non-hydrogen) atoms. The summed E-state index contributed by atoms with van der Waals surface area (Å²) in [7, 11) is 0. The third-order valence-corrected chi connectivity index (χ3v) is 3.36. The first-order valence-electron chi connectivity index (χ1n) is 6.50. The van der Waals surface area contributed by atoms with Gasteiger partial charge in [-0.3, -0.25) is 4.79 Å². The first kappa shape index (κ1) is 15.3. The Balaban J connectivity index is 2.61. The number of carboxylic acid groups (broad SMARTS) is 1. The number of aliphatic carboxylic acids is 1. The summed E-state index contributed by atoms with van der Waals surface area (Å²) >= 11 is 0. The van der Waals surface area contributed by atoms with Crippen LogP contribution in [0.1, 0.15) is 26.7 Å². The number of hydrogen-bond donors (Lipinski definition) is 3. The molecule has 3 amide bonds. The molecule has 2 atom stereocenters. The van der Waals surface area contributed by atoms with Crippen LogP contribution in [0.15, 0.2) is 0 Å². The molecule has 1 heterocycles. The van der Waals surface area contributed by atoms with Crippen LogP contribution in [0.3, 0.4) is 0 Å². The first-order valence-corrected chi connectivity index (χ1v) is 6.50. The Kier molecular flexibility index (Phi) is 5.59. The summed E-state index contributed by atoms with van der Waals surface area (Å²) in [6.45, 7) is 4.76. The summed E-state index contributed by atoms with van der Waals surface area (Å²) in [4.78, 5) is 35.8. The molecule has 7 heteroatoms. The van der Waals surface area contributed by atoms with E-state index in [4.69, 9.17) is 5.11 Å². The largest absolute Gasteiger partial charge is 0.480 e. The zero-order valence-electron chi connectivity index (χ0n) is 11.3. The summed E-state index contributed by atoms with van der Waals surface area (Å²) in [6.07, 6.45) is 0.909. The zero-order valence-corrected chi connectivity index (χ0v) is 11.3. The van der Waals surface area contributed by atoms with Gasteiger partial charge in [-0.05, 0) is 5.92 Å². The van der Waals surface area contributed by atoms with Crippen molar-refractivity contribution in [2.24, 2.45) is 5.92 Å². The van der Waals surface area contributed by atoms with E-state index in [0.717, 1.165) is 0 Å². The Hall–Kier alpha value is -1.79. The van der Waals surface area contributed by atoms with E-state index in [9.17, 15) is 14.4 Å². The van der Waals surface area contributed by atoms with Crippen LogP contribution in [0, 0.1) is 5.92 Å². The highest BCUT2D eigenvalue weighted by Crippen LogP contribution is 2.09. The van der Waals surface area contributed by atoms with Crippen molar-refractivity contribution in [1.29, 1.82) is 0 Å². The average molecular weight is 271 g/mol. The minimum absolute atomic E-state index is 0.0907. The van der Waals surface area contributed by atoms with Crippen molar-refractivity contribution in [2.75, 3.05) is 19.6 Å². The van der Waals surface area contributed by atoms with E-state index in [1.165, 1.54) is 4.90 Å². The Morgan fingerprint density at radius 3 is 2.74 bits per heavy atom. The number of rotatable bonds is 4. The van der Waals surface area contributed by atoms with Gasteiger partial charge in [-0.1, -0.05) is 20.3 Å². The second-order valence-electron chi connectivity index (χ2n) is 4.74. The molecule has 1 aliphatic heterocycles. The quantitative estimate of drug-likeness (QED) is 0.671. The molecule has 0 aliphatic carbocycles. The van der Waals surface area contributed by atoms with Crippen LogP contribution in [-0.2, 0) is 9.59 Å². The normalized spacial score (nSPS) is 19.1. The van der Waals surface area contributed by atoms with Gasteiger partial charge in [0.15, 0.2) is 0 Å². The maximum atomic E-state index is 12.0. The number of hydrogen-bond acceptors (Lipinski definition) is 3. The van der Waals surface area contributed by atoms with Crippen LogP contribution in [-0.4, -0.2) is 53.6 Å². The van der Waals surface area contributed by atoms with Crippen molar-refractivity contribution < 1.29 is 19.5 Å². The molecule has 0 aromatic carbocycles. The van der Waals surface area contributed by atoms with Crippen LogP contribution >= 0.6 is 0 Å². The number of nitrogens with one attached hydrogen (secondary N) is 2. The van der Waals surface area contributed by atoms with Gasteiger partial charge in [0.1, 0.15) is 6.04 Å². The summed E-state index contributed by atoms with van der Waals surface area (Å²) in [5.41, 5.74) is 0. The number of amides is 3. The van der Waals surface area contributed by atoms with E-state index in [1.807, 2.05) is 6.92 Å². The predicted molar refractivity (Wildman–Crippen MR) is 68.6 cm³/mol. The fraction of sp³-hybridized carbons (Fsp3) is 0.750. The summed E-state index contributed by atoms with van der Waals surface area (Å²) < 4.78 is 0. The van der Waals surface area contributed by atoms with Gasteiger partial charge >= 0.3 is 12.0 Å². The molecule has 0 saturated carbocycles. The molecule has 0 aromatic heterocycles. The molecule has 3 N–H and O–H groups in total. The van der Waals surface area contributed by atoms with E-state index in [2.05, 4.69) is 10.6 Å². The number of carboxylic acids is 1. The zero-order chi connectivity index (χ0) is 14.4. The van der Waals surface area contributed by atoms with Crippen molar-refractivity contribution in [3.63, 3.8) is 0 Å². The van der Waals surface area contributed by atoms with Crippen molar-refractivity contribution in [3.05, 3.63) is 0 Å². The van der Waals surface area contributed by atoms with Crippen molar-refractivity contribution in [1.82, 2.24) is 15.5 Å². The molecule has 0 spiro atoms. The lowest BCUT2D eigenvalue weighted by Crippen LogP contribution is -2.51. The Labute approximate surface area is 112 Å². The van der Waals surface area contributed by atoms with E-state index >= 15 is 0 Å². The second kappa shape index (κ2) is 6.96. The number of nitrogens with zero attached hydrogens (tertiary/aromatic N) is 1. The third kappa shape index (κ3) is 4.42. The number of carbonyl (C=O) groups is 3. The van der Waals surface area contributed by atoms with E-state index in [0.29, 0.717) is 26.1 Å². The fourth-order valence-electron chi connectivity index (χ4n) is 1.88. The second-order valence-corrected chi connectivity index (χ2v) is 4.74. The number of urea groups is 1. The smallest absolute Gasteiger partial charge is 0.326 e. The van der Waals surface area contributed by atoms with Gasteiger partial charge < -0.3 is 20.6 Å². The van der Waals surface area contributed by atoms with Gasteiger partial charge in [-0.25, -0.2) is 9.59 Å². The minimum atomic E-state index is -1.04. The fourth-order valence-corrected chi connectivity index (χ4v) is 1.88. The molecule has 1 saturated heterocycles. The van der Waals surface area contributed by atoms with Crippen LogP contribution < -0.4 is 10.6 Å². The topological polar surface area (TPSA) is 98.7 Å². The van der Waals surface area contributed by atoms with Crippen LogP contribution in [0.5, 0.6) is 0 Å². The molecule has 1 rings (SSSR count). The lowest BCUT2D eigenvalue weighted by atomic mass is 9.99. The van der Waals surface area contributed by atoms with E-state index < -0.39 is 18.0 Å². The van der Waals surface area contributed by atoms with Crippen molar-refractivity contribution >= 4 is 17.9 Å². The molecule has 0 aromatic rings. The van der Waals surface area contributed by atoms with E-state index in [1.54, 1.807) is 6.92 Å². The standard InChI is InChI=1S/C12H21N3O4/c1-3-8(2)10(11(17)18)14-12(19)15-6-4-9(16)13-5-7-15/h8,10H,3-7H2,1-2H3,(H,13,16)(H,14,19)(H,17,18)/t8-,10-/m0/s1. The van der Waals surface area contributed by atoms with Gasteiger partial charge in [-0.2, -0.15) is 0 Å². The van der Waals surface area contributed by atoms with Crippen molar-refractivity contribution in [2.45, 2.75) is 32.7 Å². The third-order valence-electron chi connectivity index (χ3n) is 3.36. The highest BCUT2D eigenvalue weighted by atomic mass is 16.4. The molecule has 0 radical (unpaired) electrons. The Bertz CT molecular complexity index is 359. The van der Waals surface area contributed by atoms with Crippen LogP contribution in [0.25, 0.3) is 0 Å². The molecule has 1 aliphatic rings. The average Bonchev–Trinajstić information content (AvgIpc) is 2.59. The Morgan fingerprint density at radius 2 is 2.16 bits per heavy atom. The van der Waals surface area contributed by atoms with Crippen LogP contribution in [0.4, 0.5) is 4.79 Å². The summed E-state index contributed by atoms with van der Waals surface area (Å²) in [5, 5.41) is 14.3. The van der Waals surface area contributed by atoms with Gasteiger partial charge in [0.05, 0.1) is 0 Å². The summed E-state index contributed by atoms with van der Waals surface area (Å²) in [5.74, 6) is -1.27. The highest BCUT2D eigenvalue weighted by Gasteiger charge is 2.28. The molecule has 0 unspecified atom stereocenters.